The van der Waals surface area contributed by atoms with Crippen molar-refractivity contribution in [3.8, 4) is 0 Å². The van der Waals surface area contributed by atoms with Gasteiger partial charge in [-0.3, -0.25) is 4.57 Å². The minimum atomic E-state index is -0.486. The Hall–Kier alpha value is -2.29. The number of aromatic amines is 1. The summed E-state index contributed by atoms with van der Waals surface area (Å²) in [4.78, 5) is 11.2. The summed E-state index contributed by atoms with van der Waals surface area (Å²) < 4.78 is 14.8. The normalized spacial score (nSPS) is 11.8. The smallest absolute Gasteiger partial charge is 0.343 e. The van der Waals surface area contributed by atoms with Crippen LogP contribution in [0.3, 0.4) is 0 Å². The summed E-state index contributed by atoms with van der Waals surface area (Å²) in [6, 6.07) is 4.12. The Bertz CT molecular complexity index is 709. The van der Waals surface area contributed by atoms with Gasteiger partial charge in [-0.15, -0.1) is 5.10 Å². The third kappa shape index (κ3) is 2.99. The molecule has 0 spiro atoms. The fraction of sp³-hybridized carbons (Fsp3) is 0.182. The second-order valence-corrected chi connectivity index (χ2v) is 4.93. The molecule has 1 heterocycles. The number of aromatic nitrogens is 3. The van der Waals surface area contributed by atoms with Gasteiger partial charge >= 0.3 is 5.69 Å². The molecule has 0 aliphatic rings. The molecule has 0 amide bonds. The Morgan fingerprint density at radius 1 is 1.60 bits per heavy atom. The average molecular weight is 297 g/mol. The predicted octanol–water partition coefficient (Wildman–Crippen LogP) is 0.634. The molecule has 9 heteroatoms. The van der Waals surface area contributed by atoms with Crippen molar-refractivity contribution in [1.29, 1.82) is 0 Å². The quantitative estimate of drug-likeness (QED) is 0.252. The highest BCUT2D eigenvalue weighted by Gasteiger charge is 2.08. The number of nitrogens with zero attached hydrogens (tertiary/aromatic N) is 3. The number of hydrogen-bond donors (Lipinski definition) is 3. The van der Waals surface area contributed by atoms with Gasteiger partial charge in [0, 0.05) is 18.4 Å². The lowest BCUT2D eigenvalue weighted by Gasteiger charge is -2.05. The van der Waals surface area contributed by atoms with E-state index in [1.54, 1.807) is 13.1 Å². The van der Waals surface area contributed by atoms with E-state index in [-0.39, 0.29) is 11.5 Å². The maximum atomic E-state index is 13.5. The van der Waals surface area contributed by atoms with Crippen LogP contribution in [0.2, 0.25) is 0 Å². The number of thioether (sulfide) groups is 1. The van der Waals surface area contributed by atoms with Gasteiger partial charge in [0.05, 0.1) is 0 Å². The van der Waals surface area contributed by atoms with Crippen molar-refractivity contribution in [1.82, 2.24) is 14.8 Å². The van der Waals surface area contributed by atoms with Gasteiger partial charge < -0.3 is 10.9 Å². The van der Waals surface area contributed by atoms with E-state index in [1.165, 1.54) is 28.5 Å². The van der Waals surface area contributed by atoms with E-state index in [0.29, 0.717) is 22.0 Å². The minimum absolute atomic E-state index is 0.164. The highest BCUT2D eigenvalue weighted by Crippen LogP contribution is 2.20. The number of halogens is 1. The zero-order chi connectivity index (χ0) is 14.7. The first-order chi connectivity index (χ1) is 9.51. The van der Waals surface area contributed by atoms with Crippen LogP contribution >= 0.6 is 11.8 Å². The lowest BCUT2D eigenvalue weighted by molar-refractivity contribution is 0.318. The Morgan fingerprint density at radius 3 is 2.95 bits per heavy atom. The van der Waals surface area contributed by atoms with E-state index in [0.717, 1.165) is 0 Å². The molecule has 2 rings (SSSR count). The highest BCUT2D eigenvalue weighted by atomic mass is 32.2. The molecule has 1 aromatic carbocycles. The van der Waals surface area contributed by atoms with Gasteiger partial charge in [0.1, 0.15) is 5.82 Å². The van der Waals surface area contributed by atoms with Crippen LogP contribution < -0.4 is 11.4 Å². The van der Waals surface area contributed by atoms with E-state index < -0.39 is 5.82 Å². The molecule has 4 N–H and O–H groups in total. The van der Waals surface area contributed by atoms with Gasteiger partial charge in [-0.25, -0.2) is 14.3 Å². The molecule has 0 unspecified atom stereocenters. The predicted molar refractivity (Wildman–Crippen MR) is 72.3 cm³/mol. The minimum Gasteiger partial charge on any atom is -0.409 e. The topological polar surface area (TPSA) is 109 Å². The molecule has 0 aliphatic heterocycles. The largest absolute Gasteiger partial charge is 0.409 e. The van der Waals surface area contributed by atoms with Gasteiger partial charge in [0.15, 0.2) is 11.0 Å². The number of benzene rings is 1. The molecule has 0 saturated carbocycles. The Morgan fingerprint density at radius 2 is 2.35 bits per heavy atom. The molecule has 106 valence electrons. The molecule has 0 bridgehead atoms. The summed E-state index contributed by atoms with van der Waals surface area (Å²) in [5.74, 6) is -0.259. The van der Waals surface area contributed by atoms with Crippen molar-refractivity contribution in [2.45, 2.75) is 10.9 Å². The number of amidine groups is 1. The molecule has 0 atom stereocenters. The molecule has 1 aromatic heterocycles. The number of hydrogen-bond acceptors (Lipinski definition) is 5. The van der Waals surface area contributed by atoms with Gasteiger partial charge in [-0.05, 0) is 23.8 Å². The van der Waals surface area contributed by atoms with Gasteiger partial charge in [-0.1, -0.05) is 16.9 Å². The van der Waals surface area contributed by atoms with Crippen LogP contribution in [0.5, 0.6) is 0 Å². The number of rotatable bonds is 4. The van der Waals surface area contributed by atoms with Crippen LogP contribution in [0.25, 0.3) is 0 Å². The number of oxime groups is 1. The first kappa shape index (κ1) is 14.1. The summed E-state index contributed by atoms with van der Waals surface area (Å²) in [6.45, 7) is 0. The fourth-order valence-electron chi connectivity index (χ4n) is 1.55. The average Bonchev–Trinajstić information content (AvgIpc) is 2.75. The zero-order valence-electron chi connectivity index (χ0n) is 10.5. The van der Waals surface area contributed by atoms with Crippen LogP contribution in [0.4, 0.5) is 4.39 Å². The van der Waals surface area contributed by atoms with Crippen molar-refractivity contribution in [3.05, 3.63) is 45.6 Å². The molecule has 2 aromatic rings. The molecule has 0 aliphatic carbocycles. The molecule has 0 fully saturated rings. The van der Waals surface area contributed by atoms with E-state index >= 15 is 0 Å². The van der Waals surface area contributed by atoms with Crippen molar-refractivity contribution < 1.29 is 9.60 Å². The molecular weight excluding hydrogens is 285 g/mol. The van der Waals surface area contributed by atoms with Crippen molar-refractivity contribution in [2.75, 3.05) is 0 Å². The van der Waals surface area contributed by atoms with Crippen LogP contribution in [0, 0.1) is 5.82 Å². The molecular formula is C11H12FN5O2S. The molecule has 0 radical (unpaired) electrons. The number of H-pyrrole nitrogens is 1. The van der Waals surface area contributed by atoms with Crippen LogP contribution in [-0.2, 0) is 12.8 Å². The Labute approximate surface area is 117 Å². The summed E-state index contributed by atoms with van der Waals surface area (Å²) >= 11 is 1.27. The monoisotopic (exact) mass is 297 g/mol. The lowest BCUT2D eigenvalue weighted by Crippen LogP contribution is -2.14. The maximum Gasteiger partial charge on any atom is 0.343 e. The van der Waals surface area contributed by atoms with Crippen molar-refractivity contribution >= 4 is 17.6 Å². The van der Waals surface area contributed by atoms with Crippen molar-refractivity contribution in [3.63, 3.8) is 0 Å². The van der Waals surface area contributed by atoms with Gasteiger partial charge in [0.25, 0.3) is 0 Å². The molecule has 7 nitrogen and oxygen atoms in total. The first-order valence-electron chi connectivity index (χ1n) is 5.53. The van der Waals surface area contributed by atoms with Crippen LogP contribution in [0.15, 0.2) is 33.3 Å². The lowest BCUT2D eigenvalue weighted by atomic mass is 10.1. The summed E-state index contributed by atoms with van der Waals surface area (Å²) in [6.07, 6.45) is 0. The van der Waals surface area contributed by atoms with E-state index in [4.69, 9.17) is 10.9 Å². The Balaban J connectivity index is 2.19. The first-order valence-corrected chi connectivity index (χ1v) is 6.51. The summed E-state index contributed by atoms with van der Waals surface area (Å²) in [7, 11) is 1.58. The molecule has 0 saturated heterocycles. The highest BCUT2D eigenvalue weighted by molar-refractivity contribution is 7.98. The number of nitrogens with two attached hydrogens (primary N) is 1. The van der Waals surface area contributed by atoms with Gasteiger partial charge in [-0.2, -0.15) is 0 Å². The standard InChI is InChI=1S/C11H12FN5O2S/c1-17-10(18)14-15-11(17)20-5-6-2-7(9(13)16-19)4-8(12)3-6/h2-4,19H,5H2,1H3,(H2,13,16)(H,14,18). The van der Waals surface area contributed by atoms with E-state index in [9.17, 15) is 9.18 Å². The molecule has 20 heavy (non-hydrogen) atoms. The van der Waals surface area contributed by atoms with E-state index in [1.807, 2.05) is 0 Å². The van der Waals surface area contributed by atoms with Crippen LogP contribution in [-0.4, -0.2) is 25.8 Å². The van der Waals surface area contributed by atoms with Gasteiger partial charge in [0.2, 0.25) is 0 Å². The fourth-order valence-corrected chi connectivity index (χ4v) is 2.40. The maximum absolute atomic E-state index is 13.5. The Kier molecular flexibility index (Phi) is 4.08. The summed E-state index contributed by atoms with van der Waals surface area (Å²) in [5.41, 5.74) is 6.04. The second kappa shape index (κ2) is 5.78. The number of nitrogens with one attached hydrogen (secondary N) is 1. The van der Waals surface area contributed by atoms with E-state index in [2.05, 4.69) is 15.4 Å². The summed E-state index contributed by atoms with van der Waals surface area (Å²) in [5, 5.41) is 18.1. The third-order valence-corrected chi connectivity index (χ3v) is 3.67. The van der Waals surface area contributed by atoms with Crippen molar-refractivity contribution in [2.24, 2.45) is 17.9 Å². The zero-order valence-corrected chi connectivity index (χ0v) is 11.3. The third-order valence-electron chi connectivity index (χ3n) is 2.57. The SMILES string of the molecule is Cn1c(SCc2cc(F)cc(/C(N)=N/O)c2)n[nH]c1=O. The second-order valence-electron chi connectivity index (χ2n) is 3.99. The van der Waals surface area contributed by atoms with Crippen LogP contribution in [0.1, 0.15) is 11.1 Å².